The van der Waals surface area contributed by atoms with Gasteiger partial charge < -0.3 is 9.84 Å². The summed E-state index contributed by atoms with van der Waals surface area (Å²) in [5, 5.41) is 22.9. The molecule has 1 aromatic heterocycles. The maximum atomic E-state index is 11.2. The van der Waals surface area contributed by atoms with Gasteiger partial charge in [0.25, 0.3) is 0 Å². The Morgan fingerprint density at radius 2 is 1.96 bits per heavy atom. The van der Waals surface area contributed by atoms with Crippen molar-refractivity contribution in [2.24, 2.45) is 0 Å². The second kappa shape index (κ2) is 6.49. The fraction of sp³-hybridized carbons (Fsp3) is 0.105. The second-order valence-electron chi connectivity index (χ2n) is 5.45. The fourth-order valence-corrected chi connectivity index (χ4v) is 2.59. The molecule has 3 rings (SSSR count). The third-order valence-electron chi connectivity index (χ3n) is 3.92. The van der Waals surface area contributed by atoms with Crippen LogP contribution in [-0.2, 0) is 0 Å². The number of hydrogen-bond donors (Lipinski definition) is 1. The van der Waals surface area contributed by atoms with E-state index in [2.05, 4.69) is 11.2 Å². The van der Waals surface area contributed by atoms with E-state index in [0.29, 0.717) is 16.9 Å². The zero-order valence-electron chi connectivity index (χ0n) is 13.7. The van der Waals surface area contributed by atoms with E-state index >= 15 is 0 Å². The molecular weight excluding hydrogens is 318 g/mol. The van der Waals surface area contributed by atoms with Crippen LogP contribution < -0.4 is 4.74 Å². The number of rotatable bonds is 4. The van der Waals surface area contributed by atoms with Gasteiger partial charge in [0.15, 0.2) is 0 Å². The first-order valence-electron chi connectivity index (χ1n) is 7.52. The van der Waals surface area contributed by atoms with Gasteiger partial charge in [0.1, 0.15) is 11.3 Å². The molecule has 0 bridgehead atoms. The largest absolute Gasteiger partial charge is 0.497 e. The first-order valence-corrected chi connectivity index (χ1v) is 7.52. The van der Waals surface area contributed by atoms with Gasteiger partial charge in [-0.15, -0.1) is 0 Å². The number of ether oxygens (including phenoxy) is 1. The summed E-state index contributed by atoms with van der Waals surface area (Å²) in [4.78, 5) is 11.2. The molecule has 0 amide bonds. The molecule has 0 aliphatic rings. The third kappa shape index (κ3) is 3.08. The molecule has 6 heteroatoms. The van der Waals surface area contributed by atoms with Gasteiger partial charge in [-0.25, -0.2) is 9.48 Å². The van der Waals surface area contributed by atoms with Crippen LogP contribution >= 0.6 is 0 Å². The lowest BCUT2D eigenvalue weighted by Gasteiger charge is -2.08. The molecule has 1 N–H and O–H groups in total. The van der Waals surface area contributed by atoms with Gasteiger partial charge in [0.05, 0.1) is 30.1 Å². The number of nitrogens with zero attached hydrogens (tertiary/aromatic N) is 3. The molecule has 124 valence electrons. The van der Waals surface area contributed by atoms with Gasteiger partial charge in [-0.1, -0.05) is 18.2 Å². The van der Waals surface area contributed by atoms with Gasteiger partial charge in [0.2, 0.25) is 0 Å². The SMILES string of the molecule is COc1ccc(-c2ccc(-n3cc(C(=O)O)c(C)n3)cc2C#N)cc1. The van der Waals surface area contributed by atoms with Crippen LogP contribution in [-0.4, -0.2) is 28.0 Å². The Morgan fingerprint density at radius 3 is 2.52 bits per heavy atom. The summed E-state index contributed by atoms with van der Waals surface area (Å²) in [6.07, 6.45) is 1.45. The summed E-state index contributed by atoms with van der Waals surface area (Å²) in [5.74, 6) is -0.286. The van der Waals surface area contributed by atoms with Crippen molar-refractivity contribution in [3.8, 4) is 28.6 Å². The maximum Gasteiger partial charge on any atom is 0.339 e. The van der Waals surface area contributed by atoms with Crippen LogP contribution in [0.3, 0.4) is 0 Å². The number of aryl methyl sites for hydroxylation is 1. The minimum atomic E-state index is -1.03. The molecule has 0 radical (unpaired) electrons. The summed E-state index contributed by atoms with van der Waals surface area (Å²) in [6, 6.07) is 14.9. The predicted octanol–water partition coefficient (Wildman–Crippen LogP) is 3.43. The van der Waals surface area contributed by atoms with E-state index in [1.165, 1.54) is 10.9 Å². The van der Waals surface area contributed by atoms with Crippen LogP contribution in [0.25, 0.3) is 16.8 Å². The highest BCUT2D eigenvalue weighted by atomic mass is 16.5. The van der Waals surface area contributed by atoms with Crippen molar-refractivity contribution in [1.29, 1.82) is 5.26 Å². The first kappa shape index (κ1) is 16.3. The monoisotopic (exact) mass is 333 g/mol. The van der Waals surface area contributed by atoms with E-state index in [4.69, 9.17) is 9.84 Å². The lowest BCUT2D eigenvalue weighted by atomic mass is 9.99. The van der Waals surface area contributed by atoms with Crippen molar-refractivity contribution in [1.82, 2.24) is 9.78 Å². The Hall–Kier alpha value is -3.59. The summed E-state index contributed by atoms with van der Waals surface area (Å²) in [6.45, 7) is 1.64. The second-order valence-corrected chi connectivity index (χ2v) is 5.45. The number of nitriles is 1. The molecule has 0 aliphatic carbocycles. The van der Waals surface area contributed by atoms with Crippen LogP contribution in [0.1, 0.15) is 21.6 Å². The highest BCUT2D eigenvalue weighted by Gasteiger charge is 2.14. The van der Waals surface area contributed by atoms with Gasteiger partial charge in [-0.2, -0.15) is 10.4 Å². The number of hydrogen-bond acceptors (Lipinski definition) is 4. The summed E-state index contributed by atoms with van der Waals surface area (Å²) >= 11 is 0. The van der Waals surface area contributed by atoms with Crippen molar-refractivity contribution >= 4 is 5.97 Å². The zero-order chi connectivity index (χ0) is 18.0. The number of carboxylic acid groups (broad SMARTS) is 1. The van der Waals surface area contributed by atoms with Crippen LogP contribution in [0.5, 0.6) is 5.75 Å². The molecule has 0 saturated heterocycles. The van der Waals surface area contributed by atoms with E-state index in [0.717, 1.165) is 16.9 Å². The van der Waals surface area contributed by atoms with E-state index in [9.17, 15) is 10.1 Å². The smallest absolute Gasteiger partial charge is 0.339 e. The van der Waals surface area contributed by atoms with Crippen LogP contribution in [0.15, 0.2) is 48.7 Å². The molecule has 2 aromatic carbocycles. The average molecular weight is 333 g/mol. The van der Waals surface area contributed by atoms with E-state index < -0.39 is 5.97 Å². The molecule has 0 spiro atoms. The van der Waals surface area contributed by atoms with Crippen molar-refractivity contribution in [3.63, 3.8) is 0 Å². The van der Waals surface area contributed by atoms with Crippen molar-refractivity contribution in [2.75, 3.05) is 7.11 Å². The number of methoxy groups -OCH3 is 1. The molecule has 1 heterocycles. The Balaban J connectivity index is 2.04. The molecule has 6 nitrogen and oxygen atoms in total. The Bertz CT molecular complexity index is 982. The molecule has 25 heavy (non-hydrogen) atoms. The molecule has 0 atom stereocenters. The minimum Gasteiger partial charge on any atom is -0.497 e. The molecular formula is C19H15N3O3. The summed E-state index contributed by atoms with van der Waals surface area (Å²) in [7, 11) is 1.60. The Kier molecular flexibility index (Phi) is 4.23. The van der Waals surface area contributed by atoms with E-state index in [1.54, 1.807) is 26.2 Å². The maximum absolute atomic E-state index is 11.2. The predicted molar refractivity (Wildman–Crippen MR) is 92.0 cm³/mol. The van der Waals surface area contributed by atoms with Crippen molar-refractivity contribution in [3.05, 3.63) is 65.5 Å². The fourth-order valence-electron chi connectivity index (χ4n) is 2.59. The number of aromatic nitrogens is 2. The first-order chi connectivity index (χ1) is 12.0. The molecule has 0 fully saturated rings. The lowest BCUT2D eigenvalue weighted by molar-refractivity contribution is 0.0696. The quantitative estimate of drug-likeness (QED) is 0.790. The zero-order valence-corrected chi connectivity index (χ0v) is 13.7. The number of aromatic carboxylic acids is 1. The number of carbonyl (C=O) groups is 1. The van der Waals surface area contributed by atoms with E-state index in [-0.39, 0.29) is 5.56 Å². The molecule has 0 saturated carbocycles. The third-order valence-corrected chi connectivity index (χ3v) is 3.92. The Morgan fingerprint density at radius 1 is 1.24 bits per heavy atom. The topological polar surface area (TPSA) is 88.1 Å². The van der Waals surface area contributed by atoms with Gasteiger partial charge in [0, 0.05) is 6.20 Å². The van der Waals surface area contributed by atoms with Crippen LogP contribution in [0.4, 0.5) is 0 Å². The van der Waals surface area contributed by atoms with Gasteiger partial charge >= 0.3 is 5.97 Å². The van der Waals surface area contributed by atoms with Gasteiger partial charge in [-0.05, 0) is 42.3 Å². The molecule has 0 unspecified atom stereocenters. The highest BCUT2D eigenvalue weighted by molar-refractivity contribution is 5.88. The summed E-state index contributed by atoms with van der Waals surface area (Å²) in [5.41, 5.74) is 3.35. The number of carboxylic acids is 1. The summed E-state index contributed by atoms with van der Waals surface area (Å²) < 4.78 is 6.62. The lowest BCUT2D eigenvalue weighted by Crippen LogP contribution is -1.97. The highest BCUT2D eigenvalue weighted by Crippen LogP contribution is 2.27. The molecule has 3 aromatic rings. The van der Waals surface area contributed by atoms with E-state index in [1.807, 2.05) is 30.3 Å². The molecule has 0 aliphatic heterocycles. The minimum absolute atomic E-state index is 0.137. The van der Waals surface area contributed by atoms with Crippen LogP contribution in [0.2, 0.25) is 0 Å². The van der Waals surface area contributed by atoms with Crippen molar-refractivity contribution in [2.45, 2.75) is 6.92 Å². The standard InChI is InChI=1S/C19H15N3O3/c1-12-18(19(23)24)11-22(21-12)15-5-8-17(14(9-15)10-20)13-3-6-16(25-2)7-4-13/h3-9,11H,1-2H3,(H,23,24). The number of benzene rings is 2. The van der Waals surface area contributed by atoms with Gasteiger partial charge in [-0.3, -0.25) is 0 Å². The average Bonchev–Trinajstić information content (AvgIpc) is 3.03. The van der Waals surface area contributed by atoms with Crippen molar-refractivity contribution < 1.29 is 14.6 Å². The normalized spacial score (nSPS) is 10.3. The van der Waals surface area contributed by atoms with Crippen LogP contribution in [0, 0.1) is 18.3 Å². The Labute approximate surface area is 144 Å².